The van der Waals surface area contributed by atoms with E-state index < -0.39 is 17.5 Å². The summed E-state index contributed by atoms with van der Waals surface area (Å²) in [6.45, 7) is 2.53. The number of hydrogen-bond donors (Lipinski definition) is 3. The molecule has 1 saturated carbocycles. The molecule has 1 aliphatic heterocycles. The summed E-state index contributed by atoms with van der Waals surface area (Å²) in [5.74, 6) is -0.949. The van der Waals surface area contributed by atoms with Crippen molar-refractivity contribution in [3.8, 4) is 0 Å². The third-order valence-corrected chi connectivity index (χ3v) is 3.66. The molecule has 2 rings (SSSR count). The molecule has 0 radical (unpaired) electrons. The predicted octanol–water partition coefficient (Wildman–Crippen LogP) is 0.470. The molecule has 0 aromatic carbocycles. The van der Waals surface area contributed by atoms with Crippen LogP contribution in [0, 0.1) is 0 Å². The van der Waals surface area contributed by atoms with Crippen molar-refractivity contribution in [2.45, 2.75) is 50.3 Å². The molecule has 0 aromatic heterocycles. The second-order valence-electron chi connectivity index (χ2n) is 4.81. The lowest BCUT2D eigenvalue weighted by Gasteiger charge is -2.38. The smallest absolute Gasteiger partial charge is 0.329 e. The fraction of sp³-hybridized carbons (Fsp3) is 0.818. The zero-order chi connectivity index (χ0) is 12.5. The Hall–Kier alpha value is -1.30. The molecular weight excluding hydrogens is 224 g/mol. The molecule has 17 heavy (non-hydrogen) atoms. The highest BCUT2D eigenvalue weighted by molar-refractivity contribution is 5.87. The van der Waals surface area contributed by atoms with E-state index in [9.17, 15) is 9.59 Å². The van der Waals surface area contributed by atoms with Crippen molar-refractivity contribution in [3.05, 3.63) is 0 Å². The molecule has 2 atom stereocenters. The minimum Gasteiger partial charge on any atom is -0.480 e. The van der Waals surface area contributed by atoms with E-state index in [2.05, 4.69) is 10.6 Å². The van der Waals surface area contributed by atoms with Crippen molar-refractivity contribution in [1.82, 2.24) is 10.6 Å². The van der Waals surface area contributed by atoms with Crippen LogP contribution in [0.3, 0.4) is 0 Å². The Morgan fingerprint density at radius 2 is 2.12 bits per heavy atom. The average Bonchev–Trinajstić information content (AvgIpc) is 2.58. The monoisotopic (exact) mass is 242 g/mol. The third kappa shape index (κ3) is 2.36. The Balaban J connectivity index is 1.86. The topological polar surface area (TPSA) is 87.7 Å². The average molecular weight is 242 g/mol. The number of carboxylic acids is 1. The van der Waals surface area contributed by atoms with Crippen molar-refractivity contribution in [2.75, 3.05) is 6.61 Å². The summed E-state index contributed by atoms with van der Waals surface area (Å²) in [4.78, 5) is 22.8. The summed E-state index contributed by atoms with van der Waals surface area (Å²) >= 11 is 0. The van der Waals surface area contributed by atoms with Crippen LogP contribution in [0.5, 0.6) is 0 Å². The van der Waals surface area contributed by atoms with Crippen LogP contribution in [0.4, 0.5) is 4.79 Å². The van der Waals surface area contributed by atoms with Crippen LogP contribution in [0.2, 0.25) is 0 Å². The highest BCUT2D eigenvalue weighted by atomic mass is 16.5. The summed E-state index contributed by atoms with van der Waals surface area (Å²) in [7, 11) is 0. The zero-order valence-corrected chi connectivity index (χ0v) is 9.86. The Bertz CT molecular complexity index is 327. The normalized spacial score (nSPS) is 30.4. The first-order valence-electron chi connectivity index (χ1n) is 5.97. The van der Waals surface area contributed by atoms with Crippen LogP contribution in [0.15, 0.2) is 0 Å². The summed E-state index contributed by atoms with van der Waals surface area (Å²) in [6, 6.07) is -0.435. The number of amides is 2. The number of ether oxygens (including phenoxy) is 1. The number of rotatable bonds is 3. The lowest BCUT2D eigenvalue weighted by Crippen LogP contribution is -2.62. The van der Waals surface area contributed by atoms with Gasteiger partial charge in [0.05, 0.1) is 12.1 Å². The van der Waals surface area contributed by atoms with Crippen LogP contribution in [0.1, 0.15) is 32.6 Å². The minimum atomic E-state index is -1.05. The molecule has 3 N–H and O–H groups in total. The standard InChI is InChI=1S/C11H18N2O4/c1-7-8(3-6-17-7)12-10(16)13-11(9(14)15)4-2-5-11/h7-8H,2-6H2,1H3,(H,14,15)(H2,12,13,16). The maximum absolute atomic E-state index is 11.7. The molecule has 1 heterocycles. The van der Waals surface area contributed by atoms with E-state index in [0.29, 0.717) is 19.4 Å². The van der Waals surface area contributed by atoms with Gasteiger partial charge in [0.15, 0.2) is 0 Å². The second-order valence-corrected chi connectivity index (χ2v) is 4.81. The van der Waals surface area contributed by atoms with E-state index in [1.54, 1.807) is 0 Å². The lowest BCUT2D eigenvalue weighted by atomic mass is 9.77. The van der Waals surface area contributed by atoms with Crippen molar-refractivity contribution in [3.63, 3.8) is 0 Å². The summed E-state index contributed by atoms with van der Waals surface area (Å²) in [6.07, 6.45) is 2.62. The van der Waals surface area contributed by atoms with E-state index >= 15 is 0 Å². The first kappa shape index (κ1) is 12.2. The number of hydrogen-bond acceptors (Lipinski definition) is 3. The van der Waals surface area contributed by atoms with Gasteiger partial charge in [0.25, 0.3) is 0 Å². The number of urea groups is 1. The highest BCUT2D eigenvalue weighted by Gasteiger charge is 2.46. The molecule has 2 unspecified atom stereocenters. The second kappa shape index (κ2) is 4.52. The Morgan fingerprint density at radius 1 is 1.41 bits per heavy atom. The first-order valence-corrected chi connectivity index (χ1v) is 5.97. The molecule has 6 heteroatoms. The molecule has 2 aliphatic rings. The Morgan fingerprint density at radius 3 is 2.53 bits per heavy atom. The van der Waals surface area contributed by atoms with Crippen molar-refractivity contribution in [1.29, 1.82) is 0 Å². The predicted molar refractivity (Wildman–Crippen MR) is 59.7 cm³/mol. The molecule has 0 bridgehead atoms. The van der Waals surface area contributed by atoms with Crippen LogP contribution in [-0.4, -0.2) is 41.4 Å². The largest absolute Gasteiger partial charge is 0.480 e. The Labute approximate surface area is 99.7 Å². The van der Waals surface area contributed by atoms with E-state index in [1.807, 2.05) is 6.92 Å². The van der Waals surface area contributed by atoms with Gasteiger partial charge in [0, 0.05) is 6.61 Å². The van der Waals surface area contributed by atoms with Gasteiger partial charge in [0.1, 0.15) is 5.54 Å². The maximum atomic E-state index is 11.7. The van der Waals surface area contributed by atoms with E-state index in [0.717, 1.165) is 12.8 Å². The lowest BCUT2D eigenvalue weighted by molar-refractivity contribution is -0.148. The summed E-state index contributed by atoms with van der Waals surface area (Å²) in [5, 5.41) is 14.4. The highest BCUT2D eigenvalue weighted by Crippen LogP contribution is 2.31. The molecule has 2 fully saturated rings. The number of carbonyl (C=O) groups is 2. The maximum Gasteiger partial charge on any atom is 0.329 e. The van der Waals surface area contributed by atoms with Crippen molar-refractivity contribution in [2.24, 2.45) is 0 Å². The van der Waals surface area contributed by atoms with Gasteiger partial charge in [-0.1, -0.05) is 0 Å². The van der Waals surface area contributed by atoms with Gasteiger partial charge < -0.3 is 20.5 Å². The van der Waals surface area contributed by atoms with Gasteiger partial charge in [-0.15, -0.1) is 0 Å². The number of carbonyl (C=O) groups excluding carboxylic acids is 1. The molecule has 6 nitrogen and oxygen atoms in total. The van der Waals surface area contributed by atoms with E-state index in [1.165, 1.54) is 0 Å². The first-order chi connectivity index (χ1) is 8.03. The number of carboxylic acid groups (broad SMARTS) is 1. The van der Waals surface area contributed by atoms with Crippen LogP contribution < -0.4 is 10.6 Å². The summed E-state index contributed by atoms with van der Waals surface area (Å²) < 4.78 is 5.33. The van der Waals surface area contributed by atoms with Gasteiger partial charge in [-0.25, -0.2) is 9.59 Å². The van der Waals surface area contributed by atoms with Crippen molar-refractivity contribution < 1.29 is 19.4 Å². The van der Waals surface area contributed by atoms with Gasteiger partial charge in [-0.05, 0) is 32.6 Å². The van der Waals surface area contributed by atoms with Crippen LogP contribution >= 0.6 is 0 Å². The number of aliphatic carboxylic acids is 1. The molecule has 96 valence electrons. The fourth-order valence-electron chi connectivity index (χ4n) is 2.27. The van der Waals surface area contributed by atoms with Gasteiger partial charge in [0.2, 0.25) is 0 Å². The third-order valence-electron chi connectivity index (χ3n) is 3.66. The zero-order valence-electron chi connectivity index (χ0n) is 9.86. The van der Waals surface area contributed by atoms with Crippen LogP contribution in [-0.2, 0) is 9.53 Å². The van der Waals surface area contributed by atoms with Gasteiger partial charge in [-0.2, -0.15) is 0 Å². The van der Waals surface area contributed by atoms with Gasteiger partial charge in [-0.3, -0.25) is 0 Å². The molecule has 0 aromatic rings. The number of nitrogens with one attached hydrogen (secondary N) is 2. The molecule has 1 aliphatic carbocycles. The molecule has 1 saturated heterocycles. The van der Waals surface area contributed by atoms with Gasteiger partial charge >= 0.3 is 12.0 Å². The SMILES string of the molecule is CC1OCCC1NC(=O)NC1(C(=O)O)CCC1. The van der Waals surface area contributed by atoms with Crippen molar-refractivity contribution >= 4 is 12.0 Å². The quantitative estimate of drug-likeness (QED) is 0.671. The fourth-order valence-corrected chi connectivity index (χ4v) is 2.27. The Kier molecular flexibility index (Phi) is 3.24. The molecular formula is C11H18N2O4. The minimum absolute atomic E-state index is 0.0112. The van der Waals surface area contributed by atoms with Crippen LogP contribution in [0.25, 0.3) is 0 Å². The molecule has 2 amide bonds. The van der Waals surface area contributed by atoms with E-state index in [4.69, 9.17) is 9.84 Å². The molecule has 0 spiro atoms. The van der Waals surface area contributed by atoms with E-state index in [-0.39, 0.29) is 12.1 Å². The summed E-state index contributed by atoms with van der Waals surface area (Å²) in [5.41, 5.74) is -1.05.